The first kappa shape index (κ1) is 14.4. The summed E-state index contributed by atoms with van der Waals surface area (Å²) in [5.74, 6) is -1.10. The molecule has 0 saturated heterocycles. The van der Waals surface area contributed by atoms with E-state index in [0.717, 1.165) is 5.56 Å². The average molecular weight is 290 g/mol. The second-order valence-electron chi connectivity index (χ2n) is 4.15. The van der Waals surface area contributed by atoms with Gasteiger partial charge >= 0.3 is 5.97 Å². The van der Waals surface area contributed by atoms with Gasteiger partial charge in [-0.25, -0.2) is 9.00 Å². The zero-order chi connectivity index (χ0) is 14.5. The molecule has 2 aromatic carbocycles. The van der Waals surface area contributed by atoms with E-state index in [2.05, 4.69) is 0 Å². The van der Waals surface area contributed by atoms with Crippen molar-refractivity contribution in [1.29, 1.82) is 0 Å². The Morgan fingerprint density at radius 3 is 2.25 bits per heavy atom. The Bertz CT molecular complexity index is 652. The summed E-state index contributed by atoms with van der Waals surface area (Å²) < 4.78 is 12.6. The molecule has 0 spiro atoms. The third-order valence-electron chi connectivity index (χ3n) is 2.87. The summed E-state index contributed by atoms with van der Waals surface area (Å²) in [7, 11) is -1.58. The number of aliphatic hydroxyl groups excluding tert-OH is 1. The first-order chi connectivity index (χ1) is 9.65. The average Bonchev–Trinajstić information content (AvgIpc) is 2.47. The highest BCUT2D eigenvalue weighted by molar-refractivity contribution is 7.85. The largest absolute Gasteiger partial charge is 0.478 e. The Morgan fingerprint density at radius 2 is 1.60 bits per heavy atom. The molecule has 0 aliphatic carbocycles. The van der Waals surface area contributed by atoms with Crippen molar-refractivity contribution in [2.75, 3.05) is 6.61 Å². The van der Waals surface area contributed by atoms with Gasteiger partial charge in [-0.05, 0) is 30.2 Å². The molecule has 20 heavy (non-hydrogen) atoms. The summed E-state index contributed by atoms with van der Waals surface area (Å²) in [5, 5.41) is 18.2. The predicted octanol–water partition coefficient (Wildman–Crippen LogP) is 2.09. The molecular weight excluding hydrogens is 276 g/mol. The summed E-state index contributed by atoms with van der Waals surface area (Å²) in [5.41, 5.74) is 0.790. The fourth-order valence-electron chi connectivity index (χ4n) is 1.94. The van der Waals surface area contributed by atoms with Crippen LogP contribution in [0.4, 0.5) is 0 Å². The van der Waals surface area contributed by atoms with Gasteiger partial charge in [-0.1, -0.05) is 30.3 Å². The molecule has 0 aliphatic heterocycles. The Morgan fingerprint density at radius 1 is 1.00 bits per heavy atom. The monoisotopic (exact) mass is 290 g/mol. The van der Waals surface area contributed by atoms with E-state index in [1.165, 1.54) is 6.07 Å². The van der Waals surface area contributed by atoms with Gasteiger partial charge in [0.25, 0.3) is 0 Å². The lowest BCUT2D eigenvalue weighted by Gasteiger charge is -2.10. The minimum atomic E-state index is -1.58. The minimum absolute atomic E-state index is 0.0321. The number of carbonyl (C=O) groups is 1. The Kier molecular flexibility index (Phi) is 4.65. The van der Waals surface area contributed by atoms with E-state index >= 15 is 0 Å². The number of aromatic carboxylic acids is 1. The fourth-order valence-corrected chi connectivity index (χ4v) is 3.34. The van der Waals surface area contributed by atoms with Gasteiger partial charge < -0.3 is 10.2 Å². The minimum Gasteiger partial charge on any atom is -0.478 e. The van der Waals surface area contributed by atoms with Crippen molar-refractivity contribution in [2.45, 2.75) is 16.2 Å². The van der Waals surface area contributed by atoms with Crippen LogP contribution in [0.25, 0.3) is 0 Å². The molecule has 0 radical (unpaired) electrons. The van der Waals surface area contributed by atoms with E-state index in [4.69, 9.17) is 10.2 Å². The molecule has 2 rings (SSSR count). The molecule has 0 bridgehead atoms. The van der Waals surface area contributed by atoms with Gasteiger partial charge in [0.2, 0.25) is 0 Å². The molecule has 0 amide bonds. The molecule has 104 valence electrons. The van der Waals surface area contributed by atoms with E-state index in [0.29, 0.717) is 11.3 Å². The normalized spacial score (nSPS) is 12.1. The van der Waals surface area contributed by atoms with Crippen molar-refractivity contribution >= 4 is 16.8 Å². The van der Waals surface area contributed by atoms with Crippen LogP contribution in [-0.4, -0.2) is 27.0 Å². The number of aliphatic hydroxyl groups is 1. The van der Waals surface area contributed by atoms with Crippen LogP contribution in [0.15, 0.2) is 58.3 Å². The highest BCUT2D eigenvalue weighted by Gasteiger charge is 2.18. The topological polar surface area (TPSA) is 74.6 Å². The van der Waals surface area contributed by atoms with Crippen molar-refractivity contribution in [1.82, 2.24) is 0 Å². The van der Waals surface area contributed by atoms with Crippen LogP contribution in [0.3, 0.4) is 0 Å². The lowest BCUT2D eigenvalue weighted by molar-refractivity contribution is 0.0693. The van der Waals surface area contributed by atoms with E-state index in [9.17, 15) is 9.00 Å². The van der Waals surface area contributed by atoms with Crippen LogP contribution in [0.1, 0.15) is 15.9 Å². The molecular formula is C15H14O4S. The molecule has 2 N–H and O–H groups in total. The number of hydrogen-bond acceptors (Lipinski definition) is 3. The van der Waals surface area contributed by atoms with Crippen molar-refractivity contribution < 1.29 is 19.2 Å². The highest BCUT2D eigenvalue weighted by Crippen LogP contribution is 2.23. The molecule has 2 aromatic rings. The summed E-state index contributed by atoms with van der Waals surface area (Å²) in [6.45, 7) is -0.0468. The first-order valence-corrected chi connectivity index (χ1v) is 7.23. The van der Waals surface area contributed by atoms with Crippen LogP contribution in [0, 0.1) is 0 Å². The van der Waals surface area contributed by atoms with Crippen molar-refractivity contribution in [3.05, 3.63) is 59.7 Å². The quantitative estimate of drug-likeness (QED) is 0.884. The molecule has 0 heterocycles. The van der Waals surface area contributed by atoms with E-state index in [-0.39, 0.29) is 17.1 Å². The number of carboxylic acid groups (broad SMARTS) is 1. The van der Waals surface area contributed by atoms with Gasteiger partial charge in [-0.2, -0.15) is 0 Å². The van der Waals surface area contributed by atoms with E-state index in [1.54, 1.807) is 42.5 Å². The van der Waals surface area contributed by atoms with Gasteiger partial charge in [-0.3, -0.25) is 0 Å². The Hall–Kier alpha value is -1.98. The predicted molar refractivity (Wildman–Crippen MR) is 75.3 cm³/mol. The molecule has 0 fully saturated rings. The molecule has 5 heteroatoms. The maximum absolute atomic E-state index is 12.6. The smallest absolute Gasteiger partial charge is 0.336 e. The zero-order valence-electron chi connectivity index (χ0n) is 10.7. The maximum atomic E-state index is 12.6. The zero-order valence-corrected chi connectivity index (χ0v) is 11.5. The van der Waals surface area contributed by atoms with Gasteiger partial charge in [0, 0.05) is 11.5 Å². The molecule has 1 atom stereocenters. The Balaban J connectivity index is 2.50. The van der Waals surface area contributed by atoms with Crippen molar-refractivity contribution in [2.24, 2.45) is 0 Å². The third-order valence-corrected chi connectivity index (χ3v) is 4.42. The number of benzene rings is 2. The molecule has 0 aromatic heterocycles. The summed E-state index contributed by atoms with van der Waals surface area (Å²) in [6.07, 6.45) is 0.386. The van der Waals surface area contributed by atoms with E-state index in [1.807, 2.05) is 0 Å². The summed E-state index contributed by atoms with van der Waals surface area (Å²) in [4.78, 5) is 12.0. The second kappa shape index (κ2) is 6.45. The number of rotatable bonds is 5. The first-order valence-electron chi connectivity index (χ1n) is 6.08. The summed E-state index contributed by atoms with van der Waals surface area (Å²) >= 11 is 0. The molecule has 4 nitrogen and oxygen atoms in total. The summed E-state index contributed by atoms with van der Waals surface area (Å²) in [6, 6.07) is 13.3. The van der Waals surface area contributed by atoms with E-state index < -0.39 is 16.8 Å². The van der Waals surface area contributed by atoms with Crippen LogP contribution in [-0.2, 0) is 17.2 Å². The van der Waals surface area contributed by atoms with Gasteiger partial charge in [0.05, 0.1) is 21.3 Å². The molecule has 1 unspecified atom stereocenters. The molecule has 0 saturated carbocycles. The SMILES string of the molecule is O=C(O)c1ccccc1S(=O)c1ccccc1CCO. The second-order valence-corrected chi connectivity index (χ2v) is 5.57. The van der Waals surface area contributed by atoms with Crippen LogP contribution in [0.2, 0.25) is 0 Å². The molecule has 0 aliphatic rings. The lowest BCUT2D eigenvalue weighted by atomic mass is 10.2. The Labute approximate surface area is 119 Å². The van der Waals surface area contributed by atoms with Gasteiger partial charge in [-0.15, -0.1) is 0 Å². The number of carboxylic acids is 1. The lowest BCUT2D eigenvalue weighted by Crippen LogP contribution is -2.06. The van der Waals surface area contributed by atoms with Gasteiger partial charge in [0.15, 0.2) is 0 Å². The number of hydrogen-bond donors (Lipinski definition) is 2. The van der Waals surface area contributed by atoms with Crippen LogP contribution < -0.4 is 0 Å². The van der Waals surface area contributed by atoms with Crippen molar-refractivity contribution in [3.8, 4) is 0 Å². The standard InChI is InChI=1S/C15H14O4S/c16-10-9-11-5-1-3-7-13(11)20(19)14-8-4-2-6-12(14)15(17)18/h1-8,16H,9-10H2,(H,17,18). The highest BCUT2D eigenvalue weighted by atomic mass is 32.2. The fraction of sp³-hybridized carbons (Fsp3) is 0.133. The van der Waals surface area contributed by atoms with Crippen LogP contribution >= 0.6 is 0 Å². The van der Waals surface area contributed by atoms with Crippen molar-refractivity contribution in [3.63, 3.8) is 0 Å². The van der Waals surface area contributed by atoms with Gasteiger partial charge in [0.1, 0.15) is 0 Å². The maximum Gasteiger partial charge on any atom is 0.336 e. The third kappa shape index (κ3) is 2.95. The van der Waals surface area contributed by atoms with Crippen LogP contribution in [0.5, 0.6) is 0 Å².